The smallest absolute Gasteiger partial charge is 0.240 e. The summed E-state index contributed by atoms with van der Waals surface area (Å²) in [5.74, 6) is -0.513. The van der Waals surface area contributed by atoms with Crippen molar-refractivity contribution in [3.63, 3.8) is 0 Å². The molecule has 0 radical (unpaired) electrons. The number of nitrogens with zero attached hydrogens (tertiary/aromatic N) is 2. The van der Waals surface area contributed by atoms with Crippen molar-refractivity contribution in [3.8, 4) is 0 Å². The Morgan fingerprint density at radius 1 is 1.17 bits per heavy atom. The molecule has 2 amide bonds. The quantitative estimate of drug-likeness (QED) is 0.633. The number of nitrogens with one attached hydrogen (secondary N) is 2. The number of hydrazone groups is 1. The number of carbonyl (C=O) groups is 2. The Bertz CT molecular complexity index is 742. The predicted octanol–water partition coefficient (Wildman–Crippen LogP) is 2.57. The number of carbonyl (C=O) groups excluding carboxylic acids is 2. The van der Waals surface area contributed by atoms with E-state index in [4.69, 9.17) is 0 Å². The van der Waals surface area contributed by atoms with E-state index in [1.807, 2.05) is 38.1 Å². The minimum absolute atomic E-state index is 0.0705. The number of hydrogen-bond acceptors (Lipinski definition) is 4. The van der Waals surface area contributed by atoms with E-state index in [0.29, 0.717) is 0 Å². The fourth-order valence-electron chi connectivity index (χ4n) is 2.00. The molecule has 0 atom stereocenters. The van der Waals surface area contributed by atoms with Crippen LogP contribution in [0.3, 0.4) is 0 Å². The van der Waals surface area contributed by atoms with Crippen LogP contribution in [0.25, 0.3) is 0 Å². The van der Waals surface area contributed by atoms with E-state index in [0.717, 1.165) is 22.4 Å². The molecule has 0 bridgehead atoms. The highest BCUT2D eigenvalue weighted by Gasteiger charge is 2.08. The average Bonchev–Trinajstić information content (AvgIpc) is 2.57. The third-order valence-corrected chi connectivity index (χ3v) is 3.33. The van der Waals surface area contributed by atoms with Gasteiger partial charge in [-0.15, -0.1) is 0 Å². The van der Waals surface area contributed by atoms with E-state index in [9.17, 15) is 9.59 Å². The molecule has 0 saturated carbocycles. The molecular formula is C18H20N4O2. The summed E-state index contributed by atoms with van der Waals surface area (Å²) >= 11 is 0. The highest BCUT2D eigenvalue weighted by molar-refractivity contribution is 5.94. The number of rotatable bonds is 6. The van der Waals surface area contributed by atoms with Gasteiger partial charge >= 0.3 is 0 Å². The Labute approximate surface area is 141 Å². The maximum absolute atomic E-state index is 11.9. The number of pyridine rings is 1. The zero-order valence-corrected chi connectivity index (χ0v) is 13.7. The van der Waals surface area contributed by atoms with Gasteiger partial charge < -0.3 is 5.32 Å². The zero-order valence-electron chi connectivity index (χ0n) is 13.7. The van der Waals surface area contributed by atoms with E-state index >= 15 is 0 Å². The zero-order chi connectivity index (χ0) is 17.4. The van der Waals surface area contributed by atoms with Crippen LogP contribution in [0.2, 0.25) is 0 Å². The number of benzene rings is 1. The molecule has 2 aromatic rings. The van der Waals surface area contributed by atoms with Gasteiger partial charge in [0.05, 0.1) is 6.21 Å². The lowest BCUT2D eigenvalue weighted by Gasteiger charge is -2.09. The largest absolute Gasteiger partial charge is 0.326 e. The molecule has 0 fully saturated rings. The normalized spacial score (nSPS) is 10.6. The first-order valence-corrected chi connectivity index (χ1v) is 7.63. The SMILES string of the molecule is Cc1ccc(C)c(NC(=O)CCC(=O)N/N=C\c2cccnc2)c1. The third-order valence-electron chi connectivity index (χ3n) is 3.33. The standard InChI is InChI=1S/C18H20N4O2/c1-13-5-6-14(2)16(10-13)21-17(23)7-8-18(24)22-20-12-15-4-3-9-19-11-15/h3-6,9-12H,7-8H2,1-2H3,(H,21,23)(H,22,24)/b20-12-. The van der Waals surface area contributed by atoms with Crippen molar-refractivity contribution in [2.24, 2.45) is 5.10 Å². The first kappa shape index (κ1) is 17.3. The van der Waals surface area contributed by atoms with Crippen LogP contribution < -0.4 is 10.7 Å². The Kier molecular flexibility index (Phi) is 6.19. The predicted molar refractivity (Wildman–Crippen MR) is 93.8 cm³/mol. The van der Waals surface area contributed by atoms with Crippen molar-refractivity contribution in [2.45, 2.75) is 26.7 Å². The van der Waals surface area contributed by atoms with Crippen LogP contribution in [0.4, 0.5) is 5.69 Å². The summed E-state index contributed by atoms with van der Waals surface area (Å²) in [6.07, 6.45) is 4.96. The summed E-state index contributed by atoms with van der Waals surface area (Å²) in [4.78, 5) is 27.6. The molecule has 24 heavy (non-hydrogen) atoms. The van der Waals surface area contributed by atoms with Crippen LogP contribution in [0.5, 0.6) is 0 Å². The first-order valence-electron chi connectivity index (χ1n) is 7.63. The first-order chi connectivity index (χ1) is 11.5. The van der Waals surface area contributed by atoms with E-state index in [2.05, 4.69) is 20.8 Å². The highest BCUT2D eigenvalue weighted by atomic mass is 16.2. The van der Waals surface area contributed by atoms with Gasteiger partial charge in [-0.25, -0.2) is 5.43 Å². The number of anilines is 1. The number of aryl methyl sites for hydroxylation is 2. The van der Waals surface area contributed by atoms with Gasteiger partial charge in [-0.1, -0.05) is 18.2 Å². The van der Waals surface area contributed by atoms with Crippen molar-refractivity contribution in [1.29, 1.82) is 0 Å². The Hall–Kier alpha value is -3.02. The van der Waals surface area contributed by atoms with Gasteiger partial charge in [0.15, 0.2) is 0 Å². The maximum Gasteiger partial charge on any atom is 0.240 e. The molecule has 0 aliphatic rings. The van der Waals surface area contributed by atoms with Crippen LogP contribution in [-0.4, -0.2) is 23.0 Å². The summed E-state index contributed by atoms with van der Waals surface area (Å²) < 4.78 is 0. The van der Waals surface area contributed by atoms with E-state index in [-0.39, 0.29) is 24.7 Å². The summed E-state index contributed by atoms with van der Waals surface area (Å²) in [5.41, 5.74) is 6.00. The fraction of sp³-hybridized carbons (Fsp3) is 0.222. The second-order valence-electron chi connectivity index (χ2n) is 5.45. The lowest BCUT2D eigenvalue weighted by Crippen LogP contribution is -2.20. The number of aromatic nitrogens is 1. The number of amides is 2. The lowest BCUT2D eigenvalue weighted by atomic mass is 10.1. The van der Waals surface area contributed by atoms with Gasteiger partial charge in [-0.2, -0.15) is 5.10 Å². The second kappa shape index (κ2) is 8.57. The molecule has 1 heterocycles. The molecule has 6 nitrogen and oxygen atoms in total. The summed E-state index contributed by atoms with van der Waals surface area (Å²) in [6, 6.07) is 9.44. The molecular weight excluding hydrogens is 304 g/mol. The van der Waals surface area contributed by atoms with Crippen molar-refractivity contribution in [2.75, 3.05) is 5.32 Å². The molecule has 2 rings (SSSR count). The van der Waals surface area contributed by atoms with Crippen LogP contribution >= 0.6 is 0 Å². The molecule has 1 aromatic heterocycles. The Balaban J connectivity index is 1.76. The minimum atomic E-state index is -0.314. The van der Waals surface area contributed by atoms with Gasteiger partial charge in [-0.3, -0.25) is 14.6 Å². The topological polar surface area (TPSA) is 83.5 Å². The van der Waals surface area contributed by atoms with E-state index < -0.39 is 0 Å². The molecule has 0 saturated heterocycles. The number of hydrogen-bond donors (Lipinski definition) is 2. The van der Waals surface area contributed by atoms with Gasteiger partial charge in [0.25, 0.3) is 0 Å². The van der Waals surface area contributed by atoms with Crippen LogP contribution in [0, 0.1) is 13.8 Å². The molecule has 1 aromatic carbocycles. The third kappa shape index (κ3) is 5.64. The molecule has 6 heteroatoms. The maximum atomic E-state index is 11.9. The minimum Gasteiger partial charge on any atom is -0.326 e. The molecule has 0 aliphatic carbocycles. The fourth-order valence-corrected chi connectivity index (χ4v) is 2.00. The average molecular weight is 324 g/mol. The van der Waals surface area contributed by atoms with Gasteiger partial charge in [0, 0.05) is 36.5 Å². The molecule has 0 unspecified atom stereocenters. The van der Waals surface area contributed by atoms with Crippen LogP contribution in [-0.2, 0) is 9.59 Å². The monoisotopic (exact) mass is 324 g/mol. The molecule has 0 aliphatic heterocycles. The molecule has 0 spiro atoms. The molecule has 124 valence electrons. The van der Waals surface area contributed by atoms with Crippen LogP contribution in [0.1, 0.15) is 29.5 Å². The van der Waals surface area contributed by atoms with Crippen molar-refractivity contribution < 1.29 is 9.59 Å². The van der Waals surface area contributed by atoms with Gasteiger partial charge in [0.2, 0.25) is 11.8 Å². The van der Waals surface area contributed by atoms with E-state index in [1.165, 1.54) is 6.21 Å². The Morgan fingerprint density at radius 3 is 2.71 bits per heavy atom. The summed E-state index contributed by atoms with van der Waals surface area (Å²) in [5, 5.41) is 6.66. The highest BCUT2D eigenvalue weighted by Crippen LogP contribution is 2.16. The van der Waals surface area contributed by atoms with Crippen LogP contribution in [0.15, 0.2) is 47.8 Å². The van der Waals surface area contributed by atoms with Gasteiger partial charge in [0.1, 0.15) is 0 Å². The van der Waals surface area contributed by atoms with Gasteiger partial charge in [-0.05, 0) is 37.1 Å². The van der Waals surface area contributed by atoms with Crippen molar-refractivity contribution in [1.82, 2.24) is 10.4 Å². The summed E-state index contributed by atoms with van der Waals surface area (Å²) in [7, 11) is 0. The Morgan fingerprint density at radius 2 is 1.96 bits per heavy atom. The van der Waals surface area contributed by atoms with Crippen molar-refractivity contribution >= 4 is 23.7 Å². The summed E-state index contributed by atoms with van der Waals surface area (Å²) in [6.45, 7) is 3.89. The molecule has 2 N–H and O–H groups in total. The lowest BCUT2D eigenvalue weighted by molar-refractivity contribution is -0.124. The van der Waals surface area contributed by atoms with E-state index in [1.54, 1.807) is 18.5 Å². The second-order valence-corrected chi connectivity index (χ2v) is 5.45. The van der Waals surface area contributed by atoms with Crippen molar-refractivity contribution in [3.05, 3.63) is 59.4 Å².